The Kier molecular flexibility index (Phi) is 6.78. The summed E-state index contributed by atoms with van der Waals surface area (Å²) < 4.78 is 10.9. The van der Waals surface area contributed by atoms with E-state index in [-0.39, 0.29) is 19.8 Å². The number of aliphatic hydroxyl groups excluding tert-OH is 1. The third-order valence-electron chi connectivity index (χ3n) is 3.73. The predicted octanol–water partition coefficient (Wildman–Crippen LogP) is 3.69. The molecule has 0 heterocycles. The van der Waals surface area contributed by atoms with Crippen molar-refractivity contribution in [3.8, 4) is 16.9 Å². The summed E-state index contributed by atoms with van der Waals surface area (Å²) in [6.45, 7) is 7.75. The zero-order valence-corrected chi connectivity index (χ0v) is 14.7. The lowest BCUT2D eigenvalue weighted by molar-refractivity contribution is -0.139. The van der Waals surface area contributed by atoms with Crippen molar-refractivity contribution in [2.75, 3.05) is 19.8 Å². The van der Waals surface area contributed by atoms with Crippen molar-refractivity contribution in [2.24, 2.45) is 0 Å². The molecule has 0 aliphatic rings. The van der Waals surface area contributed by atoms with E-state index in [2.05, 4.69) is 6.58 Å². The summed E-state index contributed by atoms with van der Waals surface area (Å²) >= 11 is 0. The monoisotopic (exact) mass is 340 g/mol. The van der Waals surface area contributed by atoms with Crippen molar-refractivity contribution < 1.29 is 19.4 Å². The Morgan fingerprint density at radius 3 is 2.48 bits per heavy atom. The molecule has 0 amide bonds. The van der Waals surface area contributed by atoms with E-state index in [1.54, 1.807) is 6.92 Å². The van der Waals surface area contributed by atoms with Crippen LogP contribution in [0.25, 0.3) is 11.1 Å². The first-order chi connectivity index (χ1) is 12.0. The van der Waals surface area contributed by atoms with Gasteiger partial charge in [-0.3, -0.25) is 0 Å². The molecule has 0 bridgehead atoms. The molecule has 0 saturated heterocycles. The Morgan fingerprint density at radius 1 is 1.12 bits per heavy atom. The van der Waals surface area contributed by atoms with E-state index in [1.165, 1.54) is 0 Å². The van der Waals surface area contributed by atoms with Gasteiger partial charge in [-0.25, -0.2) is 4.79 Å². The number of benzene rings is 2. The third kappa shape index (κ3) is 5.47. The van der Waals surface area contributed by atoms with Crippen molar-refractivity contribution >= 4 is 5.97 Å². The molecule has 4 nitrogen and oxygen atoms in total. The fourth-order valence-electron chi connectivity index (χ4n) is 2.38. The van der Waals surface area contributed by atoms with E-state index in [0.717, 1.165) is 28.0 Å². The van der Waals surface area contributed by atoms with Crippen LogP contribution in [-0.4, -0.2) is 30.9 Å². The first kappa shape index (κ1) is 18.7. The van der Waals surface area contributed by atoms with Gasteiger partial charge in [0.1, 0.15) is 19.0 Å². The minimum atomic E-state index is -0.410. The van der Waals surface area contributed by atoms with Crippen molar-refractivity contribution in [2.45, 2.75) is 20.3 Å². The summed E-state index contributed by atoms with van der Waals surface area (Å²) in [5, 5.41) is 9.01. The quantitative estimate of drug-likeness (QED) is 0.452. The molecular weight excluding hydrogens is 316 g/mol. The van der Waals surface area contributed by atoms with Crippen LogP contribution < -0.4 is 4.74 Å². The van der Waals surface area contributed by atoms with Crippen molar-refractivity contribution in [3.05, 3.63) is 65.7 Å². The van der Waals surface area contributed by atoms with E-state index < -0.39 is 5.97 Å². The maximum Gasteiger partial charge on any atom is 0.333 e. The fourth-order valence-corrected chi connectivity index (χ4v) is 2.38. The topological polar surface area (TPSA) is 55.8 Å². The normalized spacial score (nSPS) is 10.4. The number of hydrogen-bond donors (Lipinski definition) is 1. The number of esters is 1. The molecule has 132 valence electrons. The number of carbonyl (C=O) groups excluding carboxylic acids is 1. The SMILES string of the molecule is C=C(C)C(=O)OCCOc1cc(C)ccc1-c1ccc(CCO)cc1. The minimum absolute atomic E-state index is 0.140. The highest BCUT2D eigenvalue weighted by atomic mass is 16.6. The average Bonchev–Trinajstić information content (AvgIpc) is 2.59. The van der Waals surface area contributed by atoms with Gasteiger partial charge in [0.25, 0.3) is 0 Å². The Labute approximate surface area is 148 Å². The van der Waals surface area contributed by atoms with Gasteiger partial charge in [-0.2, -0.15) is 0 Å². The van der Waals surface area contributed by atoms with Crippen LogP contribution in [0.1, 0.15) is 18.1 Å². The highest BCUT2D eigenvalue weighted by molar-refractivity contribution is 5.86. The lowest BCUT2D eigenvalue weighted by Crippen LogP contribution is -2.12. The van der Waals surface area contributed by atoms with E-state index in [1.807, 2.05) is 49.4 Å². The second-order valence-corrected chi connectivity index (χ2v) is 5.93. The molecule has 0 saturated carbocycles. The molecule has 2 aromatic rings. The van der Waals surface area contributed by atoms with Gasteiger partial charge in [-0.1, -0.05) is 43.0 Å². The molecule has 0 aliphatic heterocycles. The number of ether oxygens (including phenoxy) is 2. The third-order valence-corrected chi connectivity index (χ3v) is 3.73. The maximum atomic E-state index is 11.4. The maximum absolute atomic E-state index is 11.4. The first-order valence-corrected chi connectivity index (χ1v) is 8.27. The molecule has 1 N–H and O–H groups in total. The van der Waals surface area contributed by atoms with E-state index in [4.69, 9.17) is 14.6 Å². The lowest BCUT2D eigenvalue weighted by atomic mass is 10.0. The number of rotatable bonds is 8. The summed E-state index contributed by atoms with van der Waals surface area (Å²) in [5.41, 5.74) is 4.57. The Hall–Kier alpha value is -2.59. The van der Waals surface area contributed by atoms with E-state index in [9.17, 15) is 4.79 Å². The van der Waals surface area contributed by atoms with Crippen LogP contribution >= 0.6 is 0 Å². The zero-order valence-electron chi connectivity index (χ0n) is 14.7. The molecule has 0 radical (unpaired) electrons. The fraction of sp³-hybridized carbons (Fsp3) is 0.286. The zero-order chi connectivity index (χ0) is 18.2. The van der Waals surface area contributed by atoms with Crippen molar-refractivity contribution in [3.63, 3.8) is 0 Å². The van der Waals surface area contributed by atoms with E-state index in [0.29, 0.717) is 12.0 Å². The van der Waals surface area contributed by atoms with E-state index >= 15 is 0 Å². The summed E-state index contributed by atoms with van der Waals surface area (Å²) in [4.78, 5) is 11.4. The summed E-state index contributed by atoms with van der Waals surface area (Å²) in [5.74, 6) is 0.341. The summed E-state index contributed by atoms with van der Waals surface area (Å²) in [6, 6.07) is 14.1. The number of carbonyl (C=O) groups is 1. The van der Waals surface area contributed by atoms with Crippen LogP contribution in [0.5, 0.6) is 5.75 Å². The van der Waals surface area contributed by atoms with Crippen molar-refractivity contribution in [1.82, 2.24) is 0 Å². The van der Waals surface area contributed by atoms with Crippen LogP contribution in [0, 0.1) is 6.92 Å². The Morgan fingerprint density at radius 2 is 1.84 bits per heavy atom. The van der Waals surface area contributed by atoms with Gasteiger partial charge in [0.15, 0.2) is 0 Å². The minimum Gasteiger partial charge on any atom is -0.489 e. The van der Waals surface area contributed by atoms with Gasteiger partial charge in [0.05, 0.1) is 0 Å². The van der Waals surface area contributed by atoms with Crippen LogP contribution in [0.4, 0.5) is 0 Å². The predicted molar refractivity (Wildman–Crippen MR) is 98.7 cm³/mol. The van der Waals surface area contributed by atoms with Gasteiger partial charge in [-0.05, 0) is 43.0 Å². The standard InChI is InChI=1S/C21H24O4/c1-15(2)21(23)25-13-12-24-20-14-16(3)4-9-19(20)18-7-5-17(6-8-18)10-11-22/h4-9,14,22H,1,10-13H2,2-3H3. The molecular formula is C21H24O4. The van der Waals surface area contributed by atoms with Gasteiger partial charge >= 0.3 is 5.97 Å². The Balaban J connectivity index is 2.09. The highest BCUT2D eigenvalue weighted by Crippen LogP contribution is 2.31. The number of hydrogen-bond acceptors (Lipinski definition) is 4. The van der Waals surface area contributed by atoms with Crippen LogP contribution in [0.2, 0.25) is 0 Å². The molecule has 0 fully saturated rings. The molecule has 25 heavy (non-hydrogen) atoms. The smallest absolute Gasteiger partial charge is 0.333 e. The van der Waals surface area contributed by atoms with Crippen LogP contribution in [0.15, 0.2) is 54.6 Å². The molecule has 0 unspecified atom stereocenters. The molecule has 0 atom stereocenters. The highest BCUT2D eigenvalue weighted by Gasteiger charge is 2.08. The molecule has 4 heteroatoms. The second kappa shape index (κ2) is 9.04. The first-order valence-electron chi connectivity index (χ1n) is 8.27. The van der Waals surface area contributed by atoms with Gasteiger partial charge in [0, 0.05) is 17.7 Å². The molecule has 2 aromatic carbocycles. The molecule has 0 aromatic heterocycles. The largest absolute Gasteiger partial charge is 0.489 e. The Bertz CT molecular complexity index is 732. The molecule has 0 aliphatic carbocycles. The van der Waals surface area contributed by atoms with Crippen molar-refractivity contribution in [1.29, 1.82) is 0 Å². The molecule has 0 spiro atoms. The van der Waals surface area contributed by atoms with Crippen LogP contribution in [0.3, 0.4) is 0 Å². The number of aliphatic hydroxyl groups is 1. The summed E-state index contributed by atoms with van der Waals surface area (Å²) in [7, 11) is 0. The average molecular weight is 340 g/mol. The van der Waals surface area contributed by atoms with Gasteiger partial charge < -0.3 is 14.6 Å². The van der Waals surface area contributed by atoms with Gasteiger partial charge in [0.2, 0.25) is 0 Å². The van der Waals surface area contributed by atoms with Crippen LogP contribution in [-0.2, 0) is 16.0 Å². The number of aryl methyl sites for hydroxylation is 1. The van der Waals surface area contributed by atoms with Gasteiger partial charge in [-0.15, -0.1) is 0 Å². The second-order valence-electron chi connectivity index (χ2n) is 5.93. The summed E-state index contributed by atoms with van der Waals surface area (Å²) in [6.07, 6.45) is 0.644. The lowest BCUT2D eigenvalue weighted by Gasteiger charge is -2.13. The molecule has 2 rings (SSSR count).